The van der Waals surface area contributed by atoms with Crippen LogP contribution in [0.2, 0.25) is 0 Å². The molecule has 1 aromatic carbocycles. The zero-order valence-electron chi connectivity index (χ0n) is 11.3. The van der Waals surface area contributed by atoms with Crippen molar-refractivity contribution in [3.63, 3.8) is 0 Å². The summed E-state index contributed by atoms with van der Waals surface area (Å²) < 4.78 is 10.3. The van der Waals surface area contributed by atoms with Crippen LogP contribution < -0.4 is 14.8 Å². The average molecular weight is 266 g/mol. The highest BCUT2D eigenvalue weighted by atomic mass is 16.5. The minimum atomic E-state index is -0.386. The topological polar surface area (TPSA) is 80.2 Å². The van der Waals surface area contributed by atoms with E-state index >= 15 is 0 Å². The first kappa shape index (κ1) is 14.8. The molecule has 0 saturated heterocycles. The maximum Gasteiger partial charge on any atom is 0.268 e. The van der Waals surface area contributed by atoms with Gasteiger partial charge in [-0.05, 0) is 31.0 Å². The Morgan fingerprint density at radius 3 is 2.58 bits per heavy atom. The van der Waals surface area contributed by atoms with E-state index in [2.05, 4.69) is 10.5 Å². The smallest absolute Gasteiger partial charge is 0.268 e. The van der Waals surface area contributed by atoms with Crippen molar-refractivity contribution in [3.8, 4) is 11.5 Å². The van der Waals surface area contributed by atoms with Gasteiger partial charge in [0.05, 0.1) is 14.2 Å². The summed E-state index contributed by atoms with van der Waals surface area (Å²) in [5, 5.41) is 13.9. The van der Waals surface area contributed by atoms with Crippen LogP contribution in [0, 0.1) is 0 Å². The Labute approximate surface area is 112 Å². The van der Waals surface area contributed by atoms with Gasteiger partial charge in [-0.25, -0.2) is 0 Å². The highest BCUT2D eigenvalue weighted by Crippen LogP contribution is 2.27. The van der Waals surface area contributed by atoms with Gasteiger partial charge in [-0.15, -0.1) is 0 Å². The molecular weight excluding hydrogens is 248 g/mol. The predicted octanol–water partition coefficient (Wildman–Crippen LogP) is 1.21. The summed E-state index contributed by atoms with van der Waals surface area (Å²) in [7, 11) is 3.15. The molecule has 1 aromatic rings. The van der Waals surface area contributed by atoms with E-state index < -0.39 is 0 Å². The van der Waals surface area contributed by atoms with Gasteiger partial charge < -0.3 is 20.0 Å². The van der Waals surface area contributed by atoms with Crippen molar-refractivity contribution >= 4 is 11.6 Å². The van der Waals surface area contributed by atoms with Crippen molar-refractivity contribution in [2.45, 2.75) is 13.3 Å². The van der Waals surface area contributed by atoms with Gasteiger partial charge in [-0.2, -0.15) is 0 Å². The number of oxime groups is 1. The summed E-state index contributed by atoms with van der Waals surface area (Å²) >= 11 is 0. The van der Waals surface area contributed by atoms with E-state index in [0.29, 0.717) is 24.5 Å². The number of methoxy groups -OCH3 is 2. The number of amides is 1. The van der Waals surface area contributed by atoms with Crippen molar-refractivity contribution in [2.24, 2.45) is 5.16 Å². The van der Waals surface area contributed by atoms with Crippen LogP contribution in [0.1, 0.15) is 12.5 Å². The second kappa shape index (κ2) is 7.25. The molecule has 0 bridgehead atoms. The lowest BCUT2D eigenvalue weighted by molar-refractivity contribution is -0.114. The minimum absolute atomic E-state index is 0.0345. The monoisotopic (exact) mass is 266 g/mol. The van der Waals surface area contributed by atoms with Crippen LogP contribution in [0.15, 0.2) is 23.4 Å². The molecular formula is C13H18N2O4. The van der Waals surface area contributed by atoms with Crippen LogP contribution in [-0.2, 0) is 11.2 Å². The molecule has 2 N–H and O–H groups in total. The van der Waals surface area contributed by atoms with E-state index in [0.717, 1.165) is 5.56 Å². The maximum atomic E-state index is 11.3. The highest BCUT2D eigenvalue weighted by Gasteiger charge is 2.07. The quantitative estimate of drug-likeness (QED) is 0.461. The first-order chi connectivity index (χ1) is 9.12. The third-order valence-electron chi connectivity index (χ3n) is 2.63. The van der Waals surface area contributed by atoms with E-state index in [9.17, 15) is 4.79 Å². The summed E-state index contributed by atoms with van der Waals surface area (Å²) in [4.78, 5) is 11.3. The fourth-order valence-electron chi connectivity index (χ4n) is 1.53. The van der Waals surface area contributed by atoms with E-state index in [4.69, 9.17) is 14.7 Å². The average Bonchev–Trinajstić information content (AvgIpc) is 2.45. The van der Waals surface area contributed by atoms with Gasteiger partial charge >= 0.3 is 0 Å². The number of nitrogens with zero attached hydrogens (tertiary/aromatic N) is 1. The first-order valence-electron chi connectivity index (χ1n) is 5.80. The molecule has 0 aliphatic carbocycles. The molecule has 0 aromatic heterocycles. The van der Waals surface area contributed by atoms with E-state index in [1.54, 1.807) is 14.2 Å². The van der Waals surface area contributed by atoms with Crippen molar-refractivity contribution in [2.75, 3.05) is 20.8 Å². The number of ether oxygens (including phenoxy) is 2. The van der Waals surface area contributed by atoms with Crippen molar-refractivity contribution in [1.82, 2.24) is 5.32 Å². The molecule has 0 fully saturated rings. The van der Waals surface area contributed by atoms with Crippen LogP contribution in [0.3, 0.4) is 0 Å². The van der Waals surface area contributed by atoms with E-state index in [1.807, 2.05) is 18.2 Å². The lowest BCUT2D eigenvalue weighted by Gasteiger charge is -2.10. The number of nitrogens with one attached hydrogen (secondary N) is 1. The summed E-state index contributed by atoms with van der Waals surface area (Å²) in [6, 6.07) is 5.58. The fourth-order valence-corrected chi connectivity index (χ4v) is 1.53. The van der Waals surface area contributed by atoms with Crippen LogP contribution in [-0.4, -0.2) is 37.6 Å². The lowest BCUT2D eigenvalue weighted by Crippen LogP contribution is -2.31. The van der Waals surface area contributed by atoms with Crippen LogP contribution in [0.25, 0.3) is 0 Å². The Balaban J connectivity index is 2.57. The van der Waals surface area contributed by atoms with Crippen molar-refractivity contribution in [1.29, 1.82) is 0 Å². The Morgan fingerprint density at radius 2 is 2.00 bits per heavy atom. The van der Waals surface area contributed by atoms with E-state index in [-0.39, 0.29) is 11.6 Å². The van der Waals surface area contributed by atoms with Gasteiger partial charge in [-0.1, -0.05) is 11.2 Å². The summed E-state index contributed by atoms with van der Waals surface area (Å²) in [5.74, 6) is 0.931. The minimum Gasteiger partial charge on any atom is -0.493 e. The first-order valence-corrected chi connectivity index (χ1v) is 5.80. The lowest BCUT2D eigenvalue weighted by atomic mass is 10.1. The number of rotatable bonds is 6. The molecule has 1 rings (SSSR count). The van der Waals surface area contributed by atoms with Gasteiger partial charge in [0.1, 0.15) is 5.71 Å². The van der Waals surface area contributed by atoms with Gasteiger partial charge in [0.2, 0.25) is 0 Å². The molecule has 0 aliphatic heterocycles. The third kappa shape index (κ3) is 4.17. The van der Waals surface area contributed by atoms with E-state index in [1.165, 1.54) is 6.92 Å². The summed E-state index contributed by atoms with van der Waals surface area (Å²) in [6.45, 7) is 1.88. The second-order valence-corrected chi connectivity index (χ2v) is 3.88. The number of carbonyl (C=O) groups is 1. The molecule has 6 nitrogen and oxygen atoms in total. The molecule has 0 spiro atoms. The number of benzene rings is 1. The molecule has 19 heavy (non-hydrogen) atoms. The molecule has 0 aliphatic rings. The van der Waals surface area contributed by atoms with Gasteiger partial charge in [0, 0.05) is 6.54 Å². The number of hydrogen-bond donors (Lipinski definition) is 2. The largest absolute Gasteiger partial charge is 0.493 e. The fraction of sp³-hybridized carbons (Fsp3) is 0.385. The third-order valence-corrected chi connectivity index (χ3v) is 2.63. The number of carbonyl (C=O) groups excluding carboxylic acids is 1. The molecule has 0 heterocycles. The van der Waals surface area contributed by atoms with Gasteiger partial charge in [0.25, 0.3) is 5.91 Å². The zero-order chi connectivity index (χ0) is 14.3. The Morgan fingerprint density at radius 1 is 1.32 bits per heavy atom. The molecule has 1 amide bonds. The maximum absolute atomic E-state index is 11.3. The van der Waals surface area contributed by atoms with Crippen LogP contribution >= 0.6 is 0 Å². The summed E-state index contributed by atoms with van der Waals surface area (Å²) in [5.41, 5.74) is 1.05. The standard InChI is InChI=1S/C13H18N2O4/c1-9(15-17)13(16)14-7-6-10-4-5-11(18-2)12(8-10)19-3/h4-5,8,17H,6-7H2,1-3H3,(H,14,16)/b15-9+. The number of hydrogen-bond acceptors (Lipinski definition) is 5. The normalized spacial score (nSPS) is 11.0. The zero-order valence-corrected chi connectivity index (χ0v) is 11.3. The highest BCUT2D eigenvalue weighted by molar-refractivity contribution is 6.37. The van der Waals surface area contributed by atoms with Crippen LogP contribution in [0.4, 0.5) is 0 Å². The molecule has 0 radical (unpaired) electrons. The molecule has 104 valence electrons. The van der Waals surface area contributed by atoms with Crippen molar-refractivity contribution < 1.29 is 19.5 Å². The Hall–Kier alpha value is -2.24. The molecule has 0 saturated carbocycles. The van der Waals surface area contributed by atoms with Gasteiger partial charge in [0.15, 0.2) is 11.5 Å². The van der Waals surface area contributed by atoms with Crippen LogP contribution in [0.5, 0.6) is 11.5 Å². The van der Waals surface area contributed by atoms with Crippen molar-refractivity contribution in [3.05, 3.63) is 23.8 Å². The molecule has 0 unspecified atom stereocenters. The predicted molar refractivity (Wildman–Crippen MR) is 71.2 cm³/mol. The van der Waals surface area contributed by atoms with Gasteiger partial charge in [-0.3, -0.25) is 4.79 Å². The Kier molecular flexibility index (Phi) is 5.66. The Bertz CT molecular complexity index is 472. The molecule has 6 heteroatoms. The molecule has 0 atom stereocenters. The second-order valence-electron chi connectivity index (χ2n) is 3.88. The summed E-state index contributed by atoms with van der Waals surface area (Å²) in [6.07, 6.45) is 0.644. The SMILES string of the molecule is COc1ccc(CCNC(=O)/C(C)=N/O)cc1OC.